The number of allylic oxidation sites excluding steroid dienone is 2. The Morgan fingerprint density at radius 2 is 1.69 bits per heavy atom. The Bertz CT molecular complexity index is 682. The van der Waals surface area contributed by atoms with Crippen LogP contribution in [0.15, 0.2) is 36.4 Å². The summed E-state index contributed by atoms with van der Waals surface area (Å²) in [6.07, 6.45) is 17.0. The summed E-state index contributed by atoms with van der Waals surface area (Å²) in [6, 6.07) is 7.14. The molecule has 1 aromatic carbocycles. The van der Waals surface area contributed by atoms with Crippen molar-refractivity contribution in [3.8, 4) is 17.6 Å². The Hall–Kier alpha value is -1.82. The van der Waals surface area contributed by atoms with Crippen molar-refractivity contribution in [1.82, 2.24) is 0 Å². The van der Waals surface area contributed by atoms with Gasteiger partial charge in [-0.15, -0.1) is 0 Å². The van der Waals surface area contributed by atoms with E-state index in [-0.39, 0.29) is 5.75 Å². The third-order valence-corrected chi connectivity index (χ3v) is 6.63. The molecule has 0 aliphatic heterocycles. The first-order chi connectivity index (χ1) is 14.1. The van der Waals surface area contributed by atoms with Crippen molar-refractivity contribution in [1.29, 1.82) is 0 Å². The van der Waals surface area contributed by atoms with E-state index in [0.717, 1.165) is 37.5 Å². The SMILES string of the molecule is CCCC1CCC(C=CC#CC2CCC(c3ccc(OC(F)F)cc3)CC2)CC1. The van der Waals surface area contributed by atoms with Gasteiger partial charge in [-0.3, -0.25) is 0 Å². The second-order valence-electron chi connectivity index (χ2n) is 8.71. The molecule has 3 rings (SSSR count). The maximum absolute atomic E-state index is 12.3. The number of halogens is 2. The number of hydrogen-bond acceptors (Lipinski definition) is 1. The standard InChI is InChI=1S/C26H34F2O/c1-2-5-20-8-10-21(11-9-20)6-3-4-7-22-12-14-23(15-13-22)24-16-18-25(19-17-24)29-26(27)28/h3,6,16-23,26H,2,5,8-15H2,1H3. The van der Waals surface area contributed by atoms with Gasteiger partial charge in [0.15, 0.2) is 0 Å². The van der Waals surface area contributed by atoms with Gasteiger partial charge in [0.2, 0.25) is 0 Å². The Labute approximate surface area is 174 Å². The van der Waals surface area contributed by atoms with Gasteiger partial charge in [0.25, 0.3) is 0 Å². The Morgan fingerprint density at radius 3 is 2.31 bits per heavy atom. The molecule has 3 heteroatoms. The predicted octanol–water partition coefficient (Wildman–Crippen LogP) is 7.73. The zero-order valence-corrected chi connectivity index (χ0v) is 17.6. The van der Waals surface area contributed by atoms with E-state index >= 15 is 0 Å². The minimum atomic E-state index is -2.76. The molecule has 0 spiro atoms. The molecule has 0 bridgehead atoms. The highest BCUT2D eigenvalue weighted by atomic mass is 19.3. The van der Waals surface area contributed by atoms with Crippen molar-refractivity contribution in [2.75, 3.05) is 0 Å². The van der Waals surface area contributed by atoms with Crippen molar-refractivity contribution in [2.45, 2.75) is 83.7 Å². The minimum Gasteiger partial charge on any atom is -0.435 e. The Morgan fingerprint density at radius 1 is 1.00 bits per heavy atom. The normalized spacial score (nSPS) is 27.6. The molecule has 2 fully saturated rings. The zero-order valence-electron chi connectivity index (χ0n) is 17.6. The highest BCUT2D eigenvalue weighted by molar-refractivity contribution is 5.30. The lowest BCUT2D eigenvalue weighted by Crippen LogP contribution is -2.12. The van der Waals surface area contributed by atoms with Crippen LogP contribution in [0.5, 0.6) is 5.75 Å². The van der Waals surface area contributed by atoms with Gasteiger partial charge >= 0.3 is 6.61 Å². The van der Waals surface area contributed by atoms with E-state index in [0.29, 0.717) is 11.8 Å². The van der Waals surface area contributed by atoms with Gasteiger partial charge in [-0.1, -0.05) is 49.8 Å². The lowest BCUT2D eigenvalue weighted by Gasteiger charge is -2.26. The van der Waals surface area contributed by atoms with Gasteiger partial charge in [0, 0.05) is 5.92 Å². The monoisotopic (exact) mass is 400 g/mol. The average molecular weight is 401 g/mol. The van der Waals surface area contributed by atoms with Crippen LogP contribution in [-0.2, 0) is 0 Å². The van der Waals surface area contributed by atoms with E-state index < -0.39 is 6.61 Å². The van der Waals surface area contributed by atoms with Crippen LogP contribution in [0, 0.1) is 29.6 Å². The molecule has 2 aliphatic carbocycles. The van der Waals surface area contributed by atoms with Gasteiger partial charge in [-0.2, -0.15) is 8.78 Å². The fourth-order valence-electron chi connectivity index (χ4n) is 4.92. The van der Waals surface area contributed by atoms with Crippen molar-refractivity contribution in [3.63, 3.8) is 0 Å². The first-order valence-electron chi connectivity index (χ1n) is 11.4. The molecule has 0 unspecified atom stereocenters. The molecule has 1 aromatic rings. The van der Waals surface area contributed by atoms with E-state index in [1.165, 1.54) is 44.1 Å². The van der Waals surface area contributed by atoms with Gasteiger partial charge in [0.05, 0.1) is 0 Å². The van der Waals surface area contributed by atoms with Crippen LogP contribution in [0.25, 0.3) is 0 Å². The summed E-state index contributed by atoms with van der Waals surface area (Å²) in [6.45, 7) is -0.476. The van der Waals surface area contributed by atoms with Crippen molar-refractivity contribution in [3.05, 3.63) is 42.0 Å². The molecule has 2 saturated carbocycles. The molecule has 0 heterocycles. The largest absolute Gasteiger partial charge is 0.435 e. The molecule has 29 heavy (non-hydrogen) atoms. The molecule has 0 atom stereocenters. The van der Waals surface area contributed by atoms with E-state index in [2.05, 4.69) is 35.7 Å². The van der Waals surface area contributed by atoms with Gasteiger partial charge in [0.1, 0.15) is 5.75 Å². The van der Waals surface area contributed by atoms with Crippen LogP contribution in [-0.4, -0.2) is 6.61 Å². The van der Waals surface area contributed by atoms with Crippen LogP contribution >= 0.6 is 0 Å². The maximum Gasteiger partial charge on any atom is 0.387 e. The lowest BCUT2D eigenvalue weighted by atomic mass is 9.79. The van der Waals surface area contributed by atoms with E-state index in [1.54, 1.807) is 12.1 Å². The molecule has 2 aliphatic rings. The molecular formula is C26H34F2O. The highest BCUT2D eigenvalue weighted by Crippen LogP contribution is 2.36. The van der Waals surface area contributed by atoms with Crippen LogP contribution in [0.1, 0.15) is 82.6 Å². The fraction of sp³-hybridized carbons (Fsp3) is 0.615. The molecule has 0 amide bonds. The van der Waals surface area contributed by atoms with E-state index in [4.69, 9.17) is 0 Å². The molecule has 0 saturated heterocycles. The zero-order chi connectivity index (χ0) is 20.5. The molecule has 158 valence electrons. The first-order valence-corrected chi connectivity index (χ1v) is 11.4. The van der Waals surface area contributed by atoms with Crippen LogP contribution in [0.2, 0.25) is 0 Å². The molecule has 0 N–H and O–H groups in total. The summed E-state index contributed by atoms with van der Waals surface area (Å²) in [5, 5.41) is 0. The topological polar surface area (TPSA) is 9.23 Å². The predicted molar refractivity (Wildman–Crippen MR) is 115 cm³/mol. The molecule has 1 nitrogen and oxygen atoms in total. The summed E-state index contributed by atoms with van der Waals surface area (Å²) in [7, 11) is 0. The van der Waals surface area contributed by atoms with Crippen LogP contribution in [0.3, 0.4) is 0 Å². The number of hydrogen-bond donors (Lipinski definition) is 0. The van der Waals surface area contributed by atoms with Crippen LogP contribution < -0.4 is 4.74 Å². The smallest absolute Gasteiger partial charge is 0.387 e. The second-order valence-corrected chi connectivity index (χ2v) is 8.71. The van der Waals surface area contributed by atoms with Crippen molar-refractivity contribution in [2.24, 2.45) is 17.8 Å². The summed E-state index contributed by atoms with van der Waals surface area (Å²) in [4.78, 5) is 0. The third-order valence-electron chi connectivity index (χ3n) is 6.63. The second kappa shape index (κ2) is 11.4. The number of rotatable bonds is 6. The van der Waals surface area contributed by atoms with E-state index in [1.807, 2.05) is 12.1 Å². The number of alkyl halides is 2. The van der Waals surface area contributed by atoms with Crippen LogP contribution in [0.4, 0.5) is 8.78 Å². The fourth-order valence-corrected chi connectivity index (χ4v) is 4.92. The minimum absolute atomic E-state index is 0.230. The molecular weight excluding hydrogens is 366 g/mol. The number of benzene rings is 1. The summed E-state index contributed by atoms with van der Waals surface area (Å²) in [5.74, 6) is 9.65. The van der Waals surface area contributed by atoms with Crippen molar-refractivity contribution < 1.29 is 13.5 Å². The highest BCUT2D eigenvalue weighted by Gasteiger charge is 2.21. The van der Waals surface area contributed by atoms with Crippen molar-refractivity contribution >= 4 is 0 Å². The average Bonchev–Trinajstić information content (AvgIpc) is 2.73. The molecule has 0 aromatic heterocycles. The summed E-state index contributed by atoms with van der Waals surface area (Å²) >= 11 is 0. The summed E-state index contributed by atoms with van der Waals surface area (Å²) in [5.41, 5.74) is 1.22. The van der Waals surface area contributed by atoms with E-state index in [9.17, 15) is 8.78 Å². The third kappa shape index (κ3) is 7.18. The Kier molecular flexibility index (Phi) is 8.59. The first kappa shape index (κ1) is 21.9. The van der Waals surface area contributed by atoms with Gasteiger partial charge < -0.3 is 4.74 Å². The quantitative estimate of drug-likeness (QED) is 0.444. The maximum atomic E-state index is 12.3. The lowest BCUT2D eigenvalue weighted by molar-refractivity contribution is -0.0498. The summed E-state index contributed by atoms with van der Waals surface area (Å²) < 4.78 is 28.9. The molecule has 0 radical (unpaired) electrons. The Balaban J connectivity index is 1.39. The van der Waals surface area contributed by atoms with Gasteiger partial charge in [-0.05, 0) is 92.9 Å². The number of ether oxygens (including phenoxy) is 1. The van der Waals surface area contributed by atoms with Gasteiger partial charge in [-0.25, -0.2) is 0 Å².